The Labute approximate surface area is 104 Å². The fourth-order valence-corrected chi connectivity index (χ4v) is 2.32. The van der Waals surface area contributed by atoms with E-state index in [1.165, 1.54) is 12.8 Å². The molecule has 0 spiro atoms. The lowest BCUT2D eigenvalue weighted by Crippen LogP contribution is -2.23. The molecule has 2 aliphatic rings. The van der Waals surface area contributed by atoms with Crippen LogP contribution in [-0.2, 0) is 6.54 Å². The average Bonchev–Trinajstić information content (AvgIpc) is 3.05. The summed E-state index contributed by atoms with van der Waals surface area (Å²) in [5, 5.41) is 7.19. The zero-order valence-corrected chi connectivity index (χ0v) is 10.2. The number of halogens is 2. The van der Waals surface area contributed by atoms with Crippen molar-refractivity contribution in [3.05, 3.63) is 11.7 Å². The first-order chi connectivity index (χ1) is 8.62. The van der Waals surface area contributed by atoms with Gasteiger partial charge in [0.25, 0.3) is 0 Å². The van der Waals surface area contributed by atoms with E-state index in [9.17, 15) is 8.78 Å². The second kappa shape index (κ2) is 4.57. The molecular formula is C12H17F2N3O. The van der Waals surface area contributed by atoms with Crippen LogP contribution in [-0.4, -0.2) is 22.1 Å². The zero-order valence-electron chi connectivity index (χ0n) is 10.2. The molecule has 6 heteroatoms. The summed E-state index contributed by atoms with van der Waals surface area (Å²) in [4.78, 5) is 4.30. The van der Waals surface area contributed by atoms with E-state index in [0.29, 0.717) is 37.1 Å². The molecule has 1 N–H and O–H groups in total. The Balaban J connectivity index is 1.55. The standard InChI is InChI=1S/C12H17F2N3O/c13-12(14)5-3-8(4-6-12)11-16-10(17-18-11)7-15-9-1-2-9/h8-9,15H,1-7H2. The number of nitrogens with zero attached hydrogens (tertiary/aromatic N) is 2. The summed E-state index contributed by atoms with van der Waals surface area (Å²) in [7, 11) is 0. The van der Waals surface area contributed by atoms with Crippen molar-refractivity contribution >= 4 is 0 Å². The van der Waals surface area contributed by atoms with Gasteiger partial charge in [0, 0.05) is 24.8 Å². The van der Waals surface area contributed by atoms with Gasteiger partial charge in [0.1, 0.15) is 0 Å². The highest BCUT2D eigenvalue weighted by Crippen LogP contribution is 2.40. The highest BCUT2D eigenvalue weighted by molar-refractivity contribution is 4.98. The molecule has 1 aromatic heterocycles. The zero-order chi connectivity index (χ0) is 12.6. The van der Waals surface area contributed by atoms with Gasteiger partial charge in [-0.25, -0.2) is 8.78 Å². The van der Waals surface area contributed by atoms with E-state index >= 15 is 0 Å². The summed E-state index contributed by atoms with van der Waals surface area (Å²) >= 11 is 0. The fraction of sp³-hybridized carbons (Fsp3) is 0.833. The van der Waals surface area contributed by atoms with Gasteiger partial charge in [-0.1, -0.05) is 5.16 Å². The van der Waals surface area contributed by atoms with Crippen molar-refractivity contribution in [2.75, 3.05) is 0 Å². The van der Waals surface area contributed by atoms with Crippen LogP contribution in [0, 0.1) is 0 Å². The second-order valence-corrected chi connectivity index (χ2v) is 5.33. The lowest BCUT2D eigenvalue weighted by molar-refractivity contribution is -0.0402. The third-order valence-electron chi connectivity index (χ3n) is 3.68. The summed E-state index contributed by atoms with van der Waals surface area (Å²) in [5.74, 6) is -1.34. The van der Waals surface area contributed by atoms with Gasteiger partial charge in [0.15, 0.2) is 5.82 Å². The minimum atomic E-state index is -2.51. The average molecular weight is 257 g/mol. The third-order valence-corrected chi connectivity index (χ3v) is 3.68. The normalized spacial score (nSPS) is 24.3. The van der Waals surface area contributed by atoms with Crippen molar-refractivity contribution in [1.29, 1.82) is 0 Å². The van der Waals surface area contributed by atoms with Crippen LogP contribution in [0.2, 0.25) is 0 Å². The summed E-state index contributed by atoms with van der Waals surface area (Å²) in [6.07, 6.45) is 3.14. The van der Waals surface area contributed by atoms with E-state index in [0.717, 1.165) is 0 Å². The number of rotatable bonds is 4. The minimum absolute atomic E-state index is 0.00630. The van der Waals surface area contributed by atoms with Gasteiger partial charge >= 0.3 is 0 Å². The van der Waals surface area contributed by atoms with Gasteiger partial charge in [-0.15, -0.1) is 0 Å². The summed E-state index contributed by atoms with van der Waals surface area (Å²) < 4.78 is 31.3. The van der Waals surface area contributed by atoms with Crippen molar-refractivity contribution in [1.82, 2.24) is 15.5 Å². The molecule has 0 atom stereocenters. The van der Waals surface area contributed by atoms with Crippen molar-refractivity contribution in [2.24, 2.45) is 0 Å². The molecule has 2 aliphatic carbocycles. The van der Waals surface area contributed by atoms with Crippen LogP contribution in [0.15, 0.2) is 4.52 Å². The topological polar surface area (TPSA) is 51.0 Å². The third kappa shape index (κ3) is 2.85. The Morgan fingerprint density at radius 1 is 1.22 bits per heavy atom. The largest absolute Gasteiger partial charge is 0.339 e. The molecule has 100 valence electrons. The Bertz CT molecular complexity index is 407. The maximum Gasteiger partial charge on any atom is 0.248 e. The number of aromatic nitrogens is 2. The fourth-order valence-electron chi connectivity index (χ4n) is 2.32. The van der Waals surface area contributed by atoms with Crippen LogP contribution in [0.5, 0.6) is 0 Å². The molecule has 0 amide bonds. The molecule has 2 saturated carbocycles. The van der Waals surface area contributed by atoms with Crippen LogP contribution in [0.1, 0.15) is 56.2 Å². The monoisotopic (exact) mass is 257 g/mol. The molecule has 0 aromatic carbocycles. The molecule has 0 aliphatic heterocycles. The van der Waals surface area contributed by atoms with E-state index in [4.69, 9.17) is 4.52 Å². The smallest absolute Gasteiger partial charge is 0.248 e. The Kier molecular flexibility index (Phi) is 3.05. The molecule has 3 rings (SSSR count). The first kappa shape index (κ1) is 12.0. The van der Waals surface area contributed by atoms with Crippen LogP contribution >= 0.6 is 0 Å². The first-order valence-electron chi connectivity index (χ1n) is 6.56. The highest BCUT2D eigenvalue weighted by atomic mass is 19.3. The first-order valence-corrected chi connectivity index (χ1v) is 6.56. The van der Waals surface area contributed by atoms with Gasteiger partial charge in [-0.2, -0.15) is 4.98 Å². The molecule has 1 heterocycles. The summed E-state index contributed by atoms with van der Waals surface area (Å²) in [5.41, 5.74) is 0. The quantitative estimate of drug-likeness (QED) is 0.900. The van der Waals surface area contributed by atoms with Crippen LogP contribution in [0.25, 0.3) is 0 Å². The molecule has 0 saturated heterocycles. The molecule has 0 bridgehead atoms. The van der Waals surface area contributed by atoms with E-state index < -0.39 is 5.92 Å². The lowest BCUT2D eigenvalue weighted by Gasteiger charge is -2.25. The number of hydrogen-bond donors (Lipinski definition) is 1. The number of nitrogens with one attached hydrogen (secondary N) is 1. The van der Waals surface area contributed by atoms with Gasteiger partial charge in [0.05, 0.1) is 6.54 Å². The Hall–Kier alpha value is -1.04. The SMILES string of the molecule is FC1(F)CCC(c2nc(CNC3CC3)no2)CC1. The Morgan fingerprint density at radius 3 is 2.61 bits per heavy atom. The van der Waals surface area contributed by atoms with Crippen molar-refractivity contribution in [3.8, 4) is 0 Å². The molecule has 2 fully saturated rings. The molecule has 0 unspecified atom stereocenters. The molecule has 1 aromatic rings. The van der Waals surface area contributed by atoms with Crippen molar-refractivity contribution in [2.45, 2.75) is 63.0 Å². The van der Waals surface area contributed by atoms with Crippen molar-refractivity contribution < 1.29 is 13.3 Å². The van der Waals surface area contributed by atoms with E-state index in [2.05, 4.69) is 15.5 Å². The van der Waals surface area contributed by atoms with Crippen molar-refractivity contribution in [3.63, 3.8) is 0 Å². The minimum Gasteiger partial charge on any atom is -0.339 e. The van der Waals surface area contributed by atoms with Gasteiger partial charge in [-0.3, -0.25) is 0 Å². The van der Waals surface area contributed by atoms with Crippen LogP contribution in [0.3, 0.4) is 0 Å². The predicted octanol–water partition coefficient (Wildman–Crippen LogP) is 2.61. The lowest BCUT2D eigenvalue weighted by atomic mass is 9.87. The van der Waals surface area contributed by atoms with Crippen LogP contribution < -0.4 is 5.32 Å². The number of alkyl halides is 2. The molecule has 18 heavy (non-hydrogen) atoms. The second-order valence-electron chi connectivity index (χ2n) is 5.33. The molecular weight excluding hydrogens is 240 g/mol. The molecule has 4 nitrogen and oxygen atoms in total. The van der Waals surface area contributed by atoms with Gasteiger partial charge in [0.2, 0.25) is 11.8 Å². The summed E-state index contributed by atoms with van der Waals surface area (Å²) in [6.45, 7) is 0.608. The highest BCUT2D eigenvalue weighted by Gasteiger charge is 2.37. The van der Waals surface area contributed by atoms with Gasteiger partial charge < -0.3 is 9.84 Å². The molecule has 0 radical (unpaired) electrons. The predicted molar refractivity (Wildman–Crippen MR) is 60.3 cm³/mol. The summed E-state index contributed by atoms with van der Waals surface area (Å²) in [6, 6.07) is 0.598. The van der Waals surface area contributed by atoms with Crippen LogP contribution in [0.4, 0.5) is 8.78 Å². The van der Waals surface area contributed by atoms with Gasteiger partial charge in [-0.05, 0) is 25.7 Å². The maximum absolute atomic E-state index is 13.0. The van der Waals surface area contributed by atoms with E-state index in [1.807, 2.05) is 0 Å². The van der Waals surface area contributed by atoms with E-state index in [1.54, 1.807) is 0 Å². The Morgan fingerprint density at radius 2 is 1.94 bits per heavy atom. The number of hydrogen-bond acceptors (Lipinski definition) is 4. The maximum atomic E-state index is 13.0. The van der Waals surface area contributed by atoms with E-state index in [-0.39, 0.29) is 18.8 Å².